The molecule has 0 saturated heterocycles. The lowest BCUT2D eigenvalue weighted by molar-refractivity contribution is -0.141. The Morgan fingerprint density at radius 2 is 1.76 bits per heavy atom. The van der Waals surface area contributed by atoms with Gasteiger partial charge in [-0.2, -0.15) is 0 Å². The Kier molecular flexibility index (Phi) is 5.55. The van der Waals surface area contributed by atoms with E-state index in [9.17, 15) is 14.0 Å². The molecule has 29 heavy (non-hydrogen) atoms. The molecule has 3 aromatic rings. The third-order valence-electron chi connectivity index (χ3n) is 4.97. The molecule has 0 spiro atoms. The molecular formula is C23H26FN3O2. The Labute approximate surface area is 169 Å². The summed E-state index contributed by atoms with van der Waals surface area (Å²) in [6.45, 7) is 9.84. The van der Waals surface area contributed by atoms with Gasteiger partial charge >= 0.3 is 0 Å². The van der Waals surface area contributed by atoms with Crippen LogP contribution in [0.5, 0.6) is 0 Å². The highest BCUT2D eigenvalue weighted by Gasteiger charge is 2.32. The van der Waals surface area contributed by atoms with Crippen LogP contribution in [0.2, 0.25) is 0 Å². The van der Waals surface area contributed by atoms with Crippen molar-refractivity contribution in [2.45, 2.75) is 40.7 Å². The van der Waals surface area contributed by atoms with Crippen LogP contribution in [0, 0.1) is 11.2 Å². The van der Waals surface area contributed by atoms with Crippen LogP contribution in [0.25, 0.3) is 16.6 Å². The van der Waals surface area contributed by atoms with E-state index in [1.165, 1.54) is 16.7 Å². The van der Waals surface area contributed by atoms with Crippen molar-refractivity contribution in [2.24, 2.45) is 5.41 Å². The smallest absolute Gasteiger partial charge is 0.266 e. The molecule has 1 heterocycles. The van der Waals surface area contributed by atoms with Crippen molar-refractivity contribution in [3.63, 3.8) is 0 Å². The Bertz CT molecular complexity index is 1100. The molecule has 1 amide bonds. The Hall–Kier alpha value is -3.02. The highest BCUT2D eigenvalue weighted by molar-refractivity contribution is 5.82. The minimum Gasteiger partial charge on any atom is -0.333 e. The first-order valence-corrected chi connectivity index (χ1v) is 9.74. The zero-order valence-corrected chi connectivity index (χ0v) is 17.4. The van der Waals surface area contributed by atoms with Crippen LogP contribution in [0.1, 0.15) is 46.5 Å². The summed E-state index contributed by atoms with van der Waals surface area (Å²) in [4.78, 5) is 32.8. The van der Waals surface area contributed by atoms with Crippen LogP contribution in [0.4, 0.5) is 4.39 Å². The first kappa shape index (κ1) is 20.7. The van der Waals surface area contributed by atoms with E-state index in [0.29, 0.717) is 29.0 Å². The molecule has 0 bridgehead atoms. The summed E-state index contributed by atoms with van der Waals surface area (Å²) >= 11 is 0. The number of fused-ring (bicyclic) bond motifs is 1. The van der Waals surface area contributed by atoms with E-state index >= 15 is 0 Å². The van der Waals surface area contributed by atoms with E-state index in [0.717, 1.165) is 0 Å². The lowest BCUT2D eigenvalue weighted by Crippen LogP contribution is -2.42. The zero-order valence-electron chi connectivity index (χ0n) is 17.4. The zero-order chi connectivity index (χ0) is 21.3. The largest absolute Gasteiger partial charge is 0.333 e. The minimum atomic E-state index is -0.567. The van der Waals surface area contributed by atoms with Crippen LogP contribution in [0.3, 0.4) is 0 Å². The van der Waals surface area contributed by atoms with Crippen molar-refractivity contribution in [1.82, 2.24) is 14.5 Å². The van der Waals surface area contributed by atoms with Gasteiger partial charge in [0, 0.05) is 12.0 Å². The van der Waals surface area contributed by atoms with Crippen LogP contribution in [-0.4, -0.2) is 26.9 Å². The molecule has 1 unspecified atom stereocenters. The van der Waals surface area contributed by atoms with E-state index < -0.39 is 11.5 Å². The SMILES string of the molecule is CCN(C(=O)C(C)(C)C)C(C)c1nc2ccccc2c(=O)n1-c1ccc(F)cc1. The number of hydrogen-bond donors (Lipinski definition) is 0. The molecule has 0 N–H and O–H groups in total. The molecule has 0 radical (unpaired) electrons. The van der Waals surface area contributed by atoms with Gasteiger partial charge in [-0.25, -0.2) is 9.37 Å². The molecule has 0 saturated carbocycles. The number of benzene rings is 2. The molecule has 3 rings (SSSR count). The summed E-state index contributed by atoms with van der Waals surface area (Å²) in [5.41, 5.74) is 0.262. The monoisotopic (exact) mass is 395 g/mol. The summed E-state index contributed by atoms with van der Waals surface area (Å²) in [5, 5.41) is 0.470. The van der Waals surface area contributed by atoms with Crippen molar-refractivity contribution in [3.8, 4) is 5.69 Å². The van der Waals surface area contributed by atoms with Crippen LogP contribution in [-0.2, 0) is 4.79 Å². The van der Waals surface area contributed by atoms with Gasteiger partial charge in [0.05, 0.1) is 22.6 Å². The number of rotatable bonds is 4. The van der Waals surface area contributed by atoms with E-state index in [-0.39, 0.29) is 17.3 Å². The Morgan fingerprint density at radius 1 is 1.14 bits per heavy atom. The minimum absolute atomic E-state index is 0.0273. The molecule has 5 nitrogen and oxygen atoms in total. The molecule has 0 fully saturated rings. The van der Waals surface area contributed by atoms with Gasteiger partial charge in [0.15, 0.2) is 0 Å². The van der Waals surface area contributed by atoms with E-state index in [1.54, 1.807) is 35.2 Å². The number of halogens is 1. The molecule has 0 aliphatic carbocycles. The van der Waals surface area contributed by atoms with Gasteiger partial charge in [-0.3, -0.25) is 14.2 Å². The summed E-state index contributed by atoms with van der Waals surface area (Å²) in [6, 6.07) is 12.4. The number of hydrogen-bond acceptors (Lipinski definition) is 3. The Morgan fingerprint density at radius 3 is 2.34 bits per heavy atom. The molecule has 6 heteroatoms. The lowest BCUT2D eigenvalue weighted by Gasteiger charge is -2.34. The van der Waals surface area contributed by atoms with Crippen LogP contribution in [0.15, 0.2) is 53.3 Å². The number of nitrogens with zero attached hydrogens (tertiary/aromatic N) is 3. The summed E-state index contributed by atoms with van der Waals surface area (Å²) < 4.78 is 15.0. The van der Waals surface area contributed by atoms with Crippen LogP contribution >= 0.6 is 0 Å². The molecule has 1 aromatic heterocycles. The number of carbonyl (C=O) groups is 1. The van der Waals surface area contributed by atoms with Gasteiger partial charge < -0.3 is 4.90 Å². The first-order chi connectivity index (χ1) is 13.6. The third-order valence-corrected chi connectivity index (χ3v) is 4.97. The maximum atomic E-state index is 13.5. The maximum absolute atomic E-state index is 13.5. The van der Waals surface area contributed by atoms with Gasteiger partial charge in [0.1, 0.15) is 11.6 Å². The lowest BCUT2D eigenvalue weighted by atomic mass is 9.94. The fourth-order valence-electron chi connectivity index (χ4n) is 3.43. The number of aromatic nitrogens is 2. The summed E-state index contributed by atoms with van der Waals surface area (Å²) in [6.07, 6.45) is 0. The first-order valence-electron chi connectivity index (χ1n) is 9.74. The highest BCUT2D eigenvalue weighted by Crippen LogP contribution is 2.27. The van der Waals surface area contributed by atoms with Crippen molar-refractivity contribution in [2.75, 3.05) is 6.54 Å². The van der Waals surface area contributed by atoms with E-state index in [2.05, 4.69) is 0 Å². The van der Waals surface area contributed by atoms with Crippen molar-refractivity contribution < 1.29 is 9.18 Å². The van der Waals surface area contributed by atoms with Crippen molar-refractivity contribution in [3.05, 3.63) is 70.5 Å². The topological polar surface area (TPSA) is 55.2 Å². The average molecular weight is 395 g/mol. The number of carbonyl (C=O) groups excluding carboxylic acids is 1. The Balaban J connectivity index is 2.27. The molecule has 2 aromatic carbocycles. The normalized spacial score (nSPS) is 12.8. The van der Waals surface area contributed by atoms with Gasteiger partial charge in [-0.15, -0.1) is 0 Å². The van der Waals surface area contributed by atoms with Crippen molar-refractivity contribution >= 4 is 16.8 Å². The van der Waals surface area contributed by atoms with E-state index in [4.69, 9.17) is 4.98 Å². The molecule has 0 aliphatic rings. The second kappa shape index (κ2) is 7.78. The van der Waals surface area contributed by atoms with Gasteiger partial charge in [-0.1, -0.05) is 32.9 Å². The molecular weight excluding hydrogens is 369 g/mol. The predicted octanol–water partition coefficient (Wildman–Crippen LogP) is 4.48. The summed E-state index contributed by atoms with van der Waals surface area (Å²) in [5.74, 6) is 0.0311. The highest BCUT2D eigenvalue weighted by atomic mass is 19.1. The third kappa shape index (κ3) is 3.92. The number of amides is 1. The maximum Gasteiger partial charge on any atom is 0.266 e. The standard InChI is InChI=1S/C23H26FN3O2/c1-6-26(22(29)23(3,4)5)15(2)20-25-19-10-8-7-9-18(19)21(28)27(20)17-13-11-16(24)12-14-17/h7-15H,6H2,1-5H3. The average Bonchev–Trinajstić information content (AvgIpc) is 2.68. The molecule has 152 valence electrons. The second-order valence-corrected chi connectivity index (χ2v) is 8.12. The fraction of sp³-hybridized carbons (Fsp3) is 0.348. The van der Waals surface area contributed by atoms with Crippen molar-refractivity contribution in [1.29, 1.82) is 0 Å². The van der Waals surface area contributed by atoms with Crippen LogP contribution < -0.4 is 5.56 Å². The predicted molar refractivity (Wildman–Crippen MR) is 113 cm³/mol. The van der Waals surface area contributed by atoms with Gasteiger partial charge in [-0.05, 0) is 50.2 Å². The van der Waals surface area contributed by atoms with Gasteiger partial charge in [0.25, 0.3) is 5.56 Å². The quantitative estimate of drug-likeness (QED) is 0.654. The van der Waals surface area contributed by atoms with E-state index in [1.807, 2.05) is 40.7 Å². The fourth-order valence-corrected chi connectivity index (χ4v) is 3.43. The second-order valence-electron chi connectivity index (χ2n) is 8.12. The molecule has 1 atom stereocenters. The summed E-state index contributed by atoms with van der Waals surface area (Å²) in [7, 11) is 0. The number of para-hydroxylation sites is 1. The van der Waals surface area contributed by atoms with Gasteiger partial charge in [0.2, 0.25) is 5.91 Å². The molecule has 0 aliphatic heterocycles.